The van der Waals surface area contributed by atoms with Crippen molar-refractivity contribution >= 4 is 23.0 Å². The van der Waals surface area contributed by atoms with Gasteiger partial charge in [0.2, 0.25) is 0 Å². The van der Waals surface area contributed by atoms with Crippen molar-refractivity contribution in [2.24, 2.45) is 0 Å². The second kappa shape index (κ2) is 9.74. The molecule has 3 aromatic heterocycles. The molecule has 1 N–H and O–H groups in total. The zero-order valence-electron chi connectivity index (χ0n) is 21.3. The van der Waals surface area contributed by atoms with Crippen molar-refractivity contribution < 1.29 is 4.74 Å². The fraction of sp³-hybridized carbons (Fsp3) is 0.276. The third kappa shape index (κ3) is 4.35. The number of rotatable bonds is 6. The predicted molar refractivity (Wildman–Crippen MR) is 148 cm³/mol. The van der Waals surface area contributed by atoms with Crippen molar-refractivity contribution in [3.63, 3.8) is 0 Å². The van der Waals surface area contributed by atoms with Gasteiger partial charge in [0.05, 0.1) is 23.9 Å². The van der Waals surface area contributed by atoms with E-state index in [0.717, 1.165) is 39.9 Å². The van der Waals surface area contributed by atoms with Crippen molar-refractivity contribution in [1.29, 1.82) is 0 Å². The highest BCUT2D eigenvalue weighted by Crippen LogP contribution is 2.44. The molecule has 1 aliphatic heterocycles. The Morgan fingerprint density at radius 1 is 0.944 bits per heavy atom. The van der Waals surface area contributed by atoms with Gasteiger partial charge in [-0.2, -0.15) is 0 Å². The van der Waals surface area contributed by atoms with Crippen LogP contribution in [0.1, 0.15) is 54.1 Å². The van der Waals surface area contributed by atoms with Gasteiger partial charge in [0.15, 0.2) is 5.11 Å². The quantitative estimate of drug-likeness (QED) is 0.322. The molecule has 0 unspecified atom stereocenters. The van der Waals surface area contributed by atoms with E-state index in [2.05, 4.69) is 70.9 Å². The van der Waals surface area contributed by atoms with E-state index in [1.54, 1.807) is 0 Å². The Labute approximate surface area is 218 Å². The summed E-state index contributed by atoms with van der Waals surface area (Å²) < 4.78 is 8.11. The largest absolute Gasteiger partial charge is 0.491 e. The molecule has 5 rings (SSSR count). The molecule has 7 heteroatoms. The van der Waals surface area contributed by atoms with Gasteiger partial charge in [-0.15, -0.1) is 0 Å². The number of nitrogens with zero attached hydrogens (tertiary/aromatic N) is 4. The average molecular weight is 498 g/mol. The Morgan fingerprint density at radius 3 is 2.36 bits per heavy atom. The Morgan fingerprint density at radius 2 is 1.69 bits per heavy atom. The molecule has 1 aromatic carbocycles. The van der Waals surface area contributed by atoms with Gasteiger partial charge in [-0.25, -0.2) is 4.98 Å². The molecule has 0 bridgehead atoms. The Hall–Kier alpha value is -3.71. The van der Waals surface area contributed by atoms with E-state index in [1.165, 1.54) is 5.56 Å². The first-order valence-corrected chi connectivity index (χ1v) is 12.6. The number of hydrogen-bond acceptors (Lipinski definition) is 4. The lowest BCUT2D eigenvalue weighted by atomic mass is 9.96. The third-order valence-corrected chi connectivity index (χ3v) is 6.88. The molecular weight excluding hydrogens is 466 g/mol. The first kappa shape index (κ1) is 24.0. The van der Waals surface area contributed by atoms with Gasteiger partial charge in [0.25, 0.3) is 0 Å². The molecule has 6 nitrogen and oxygen atoms in total. The van der Waals surface area contributed by atoms with E-state index in [9.17, 15) is 0 Å². The number of anilines is 1. The zero-order valence-corrected chi connectivity index (χ0v) is 22.1. The minimum atomic E-state index is -0.107. The fourth-order valence-corrected chi connectivity index (χ4v) is 5.38. The molecular formula is C29H31N5OS. The lowest BCUT2D eigenvalue weighted by molar-refractivity contribution is 0.242. The fourth-order valence-electron chi connectivity index (χ4n) is 5.03. The summed E-state index contributed by atoms with van der Waals surface area (Å²) in [6.45, 7) is 10.4. The van der Waals surface area contributed by atoms with E-state index >= 15 is 0 Å². The van der Waals surface area contributed by atoms with E-state index in [4.69, 9.17) is 21.9 Å². The third-order valence-electron chi connectivity index (χ3n) is 6.57. The van der Waals surface area contributed by atoms with E-state index in [1.807, 2.05) is 56.6 Å². The van der Waals surface area contributed by atoms with Crippen LogP contribution in [0, 0.1) is 20.8 Å². The van der Waals surface area contributed by atoms with Crippen LogP contribution < -0.4 is 15.0 Å². The molecule has 36 heavy (non-hydrogen) atoms. The number of thiocarbonyl (C=S) groups is 1. The summed E-state index contributed by atoms with van der Waals surface area (Å²) >= 11 is 5.91. The second-order valence-electron chi connectivity index (χ2n) is 9.46. The predicted octanol–water partition coefficient (Wildman–Crippen LogP) is 6.16. The highest BCUT2D eigenvalue weighted by Gasteiger charge is 2.42. The Kier molecular flexibility index (Phi) is 6.49. The van der Waals surface area contributed by atoms with Crippen LogP contribution >= 0.6 is 12.2 Å². The maximum atomic E-state index is 5.91. The summed E-state index contributed by atoms with van der Waals surface area (Å²) in [5.74, 6) is 1.79. The van der Waals surface area contributed by atoms with E-state index in [0.29, 0.717) is 5.11 Å². The molecule has 4 heterocycles. The number of hydrogen-bond donors (Lipinski definition) is 1. The topological polar surface area (TPSA) is 55.2 Å². The number of benzene rings is 1. The Balaban J connectivity index is 1.64. The standard InChI is InChI=1S/C29H31N5OS/c1-18(2)35-23-13-11-22(12-14-23)34-27(26(32-29(34)36)25-10-6-7-15-30-25)24-17-20(4)33(21(24)5)28-19(3)9-8-16-31-28/h6-18,26-27H,1-5H3,(H,32,36)/t26-,27-/m0/s1. The highest BCUT2D eigenvalue weighted by atomic mass is 32.1. The van der Waals surface area contributed by atoms with Crippen LogP contribution in [0.2, 0.25) is 0 Å². The molecule has 0 aliphatic carbocycles. The number of aryl methyl sites for hydroxylation is 2. The SMILES string of the molecule is Cc1cccnc1-n1c(C)cc([C@H]2[C@H](c3ccccn3)NC(=S)N2c2ccc(OC(C)C)cc2)c1C. The number of pyridine rings is 2. The van der Waals surface area contributed by atoms with Crippen LogP contribution in [-0.4, -0.2) is 25.8 Å². The first-order chi connectivity index (χ1) is 17.3. The van der Waals surface area contributed by atoms with Crippen LogP contribution in [0.3, 0.4) is 0 Å². The smallest absolute Gasteiger partial charge is 0.174 e. The molecule has 1 fully saturated rings. The summed E-state index contributed by atoms with van der Waals surface area (Å²) in [4.78, 5) is 11.6. The molecule has 184 valence electrons. The summed E-state index contributed by atoms with van der Waals surface area (Å²) in [6, 6.07) is 20.3. The maximum Gasteiger partial charge on any atom is 0.174 e. The van der Waals surface area contributed by atoms with Crippen molar-refractivity contribution in [2.75, 3.05) is 4.90 Å². The minimum absolute atomic E-state index is 0.0896. The van der Waals surface area contributed by atoms with Crippen LogP contribution in [-0.2, 0) is 0 Å². The number of nitrogens with one attached hydrogen (secondary N) is 1. The van der Waals surface area contributed by atoms with Crippen molar-refractivity contribution in [1.82, 2.24) is 19.9 Å². The molecule has 0 amide bonds. The van der Waals surface area contributed by atoms with Gasteiger partial charge in [0.1, 0.15) is 11.6 Å². The maximum absolute atomic E-state index is 5.91. The van der Waals surface area contributed by atoms with Gasteiger partial charge in [0, 0.05) is 29.5 Å². The molecule has 0 spiro atoms. The zero-order chi connectivity index (χ0) is 25.4. The monoisotopic (exact) mass is 497 g/mol. The Bertz CT molecular complexity index is 1380. The summed E-state index contributed by atoms with van der Waals surface area (Å²) in [6.07, 6.45) is 3.79. The first-order valence-electron chi connectivity index (χ1n) is 12.2. The molecule has 2 atom stereocenters. The average Bonchev–Trinajstić information content (AvgIpc) is 3.35. The summed E-state index contributed by atoms with van der Waals surface area (Å²) in [5.41, 5.74) is 6.53. The van der Waals surface area contributed by atoms with Crippen LogP contribution in [0.15, 0.2) is 73.1 Å². The summed E-state index contributed by atoms with van der Waals surface area (Å²) in [7, 11) is 0. The van der Waals surface area contributed by atoms with E-state index < -0.39 is 0 Å². The van der Waals surface area contributed by atoms with Crippen LogP contribution in [0.5, 0.6) is 5.75 Å². The van der Waals surface area contributed by atoms with Crippen LogP contribution in [0.25, 0.3) is 5.82 Å². The normalized spacial score (nSPS) is 17.5. The molecule has 0 saturated carbocycles. The second-order valence-corrected chi connectivity index (χ2v) is 9.85. The van der Waals surface area contributed by atoms with Crippen molar-refractivity contribution in [3.05, 3.63) is 101 Å². The molecule has 1 saturated heterocycles. The van der Waals surface area contributed by atoms with Gasteiger partial charge in [-0.05, 0) is 106 Å². The summed E-state index contributed by atoms with van der Waals surface area (Å²) in [5, 5.41) is 4.23. The molecule has 4 aromatic rings. The van der Waals surface area contributed by atoms with Crippen molar-refractivity contribution in [2.45, 2.75) is 52.8 Å². The van der Waals surface area contributed by atoms with Crippen molar-refractivity contribution in [3.8, 4) is 11.6 Å². The van der Waals surface area contributed by atoms with Gasteiger partial charge < -0.3 is 19.5 Å². The number of aromatic nitrogens is 3. The van der Waals surface area contributed by atoms with Gasteiger partial charge in [-0.1, -0.05) is 12.1 Å². The van der Waals surface area contributed by atoms with Gasteiger partial charge >= 0.3 is 0 Å². The highest BCUT2D eigenvalue weighted by molar-refractivity contribution is 7.80. The number of ether oxygens (including phenoxy) is 1. The lowest BCUT2D eigenvalue weighted by Crippen LogP contribution is -2.29. The van der Waals surface area contributed by atoms with Gasteiger partial charge in [-0.3, -0.25) is 4.98 Å². The molecule has 0 radical (unpaired) electrons. The minimum Gasteiger partial charge on any atom is -0.491 e. The lowest BCUT2D eigenvalue weighted by Gasteiger charge is -2.28. The van der Waals surface area contributed by atoms with E-state index in [-0.39, 0.29) is 18.2 Å². The molecule has 1 aliphatic rings. The van der Waals surface area contributed by atoms with Crippen LogP contribution in [0.4, 0.5) is 5.69 Å².